The van der Waals surface area contributed by atoms with Crippen LogP contribution in [0.15, 0.2) is 42.5 Å². The van der Waals surface area contributed by atoms with Crippen LogP contribution in [0.1, 0.15) is 39.2 Å². The first kappa shape index (κ1) is 29.9. The summed E-state index contributed by atoms with van der Waals surface area (Å²) in [4.78, 5) is 27.5. The van der Waals surface area contributed by atoms with Crippen molar-refractivity contribution in [1.29, 1.82) is 0 Å². The van der Waals surface area contributed by atoms with Crippen LogP contribution in [-0.2, 0) is 26.2 Å². The summed E-state index contributed by atoms with van der Waals surface area (Å²) in [6, 6.07) is 9.68. The highest BCUT2D eigenvalue weighted by Crippen LogP contribution is 2.27. The van der Waals surface area contributed by atoms with Crippen LogP contribution >= 0.6 is 23.2 Å². The minimum Gasteiger partial charge on any atom is -0.354 e. The lowest BCUT2D eigenvalue weighted by Crippen LogP contribution is -2.48. The quantitative estimate of drug-likeness (QED) is 0.402. The third-order valence-electron chi connectivity index (χ3n) is 5.52. The molecule has 0 aliphatic carbocycles. The van der Waals surface area contributed by atoms with Gasteiger partial charge in [-0.25, -0.2) is 12.8 Å². The van der Waals surface area contributed by atoms with Crippen LogP contribution in [0.25, 0.3) is 0 Å². The number of halogens is 3. The Labute approximate surface area is 222 Å². The number of nitrogens with one attached hydrogen (secondary N) is 1. The fourth-order valence-electron chi connectivity index (χ4n) is 3.53. The summed E-state index contributed by atoms with van der Waals surface area (Å²) < 4.78 is 39.8. The first-order chi connectivity index (χ1) is 16.8. The first-order valence-corrected chi connectivity index (χ1v) is 14.2. The number of nitrogens with zero attached hydrogens (tertiary/aromatic N) is 2. The summed E-state index contributed by atoms with van der Waals surface area (Å²) in [6.07, 6.45) is 1.01. The van der Waals surface area contributed by atoms with Crippen molar-refractivity contribution >= 4 is 50.7 Å². The predicted molar refractivity (Wildman–Crippen MR) is 142 cm³/mol. The summed E-state index contributed by atoms with van der Waals surface area (Å²) in [5.74, 6) is -1.17. The van der Waals surface area contributed by atoms with Crippen molar-refractivity contribution in [1.82, 2.24) is 10.2 Å². The Morgan fingerprint density at radius 2 is 1.64 bits per heavy atom. The molecule has 2 aromatic carbocycles. The van der Waals surface area contributed by atoms with Crippen LogP contribution in [0.5, 0.6) is 0 Å². The van der Waals surface area contributed by atoms with Gasteiger partial charge < -0.3 is 10.2 Å². The van der Waals surface area contributed by atoms with Crippen LogP contribution in [0, 0.1) is 11.7 Å². The highest BCUT2D eigenvalue weighted by Gasteiger charge is 2.28. The SMILES string of the molecule is CC(C)CNC(=O)[C@H](C)N(Cc1c(Cl)cccc1Cl)C(=O)CCCN(c1ccccc1F)S(C)(=O)=O. The molecule has 0 fully saturated rings. The molecule has 11 heteroatoms. The zero-order chi connectivity index (χ0) is 27.0. The molecule has 0 aromatic heterocycles. The van der Waals surface area contributed by atoms with E-state index in [1.54, 1.807) is 25.1 Å². The van der Waals surface area contributed by atoms with Crippen LogP contribution in [0.3, 0.4) is 0 Å². The lowest BCUT2D eigenvalue weighted by atomic mass is 10.1. The largest absolute Gasteiger partial charge is 0.354 e. The maximum Gasteiger partial charge on any atom is 0.242 e. The van der Waals surface area contributed by atoms with E-state index in [1.165, 1.54) is 29.2 Å². The van der Waals surface area contributed by atoms with Gasteiger partial charge in [0.1, 0.15) is 11.9 Å². The Kier molecular flexibility index (Phi) is 11.0. The molecular formula is C25H32Cl2FN3O4S. The first-order valence-electron chi connectivity index (χ1n) is 11.5. The molecule has 0 aliphatic rings. The van der Waals surface area contributed by atoms with Crippen molar-refractivity contribution < 1.29 is 22.4 Å². The number of carbonyl (C=O) groups excluding carboxylic acids is 2. The van der Waals surface area contributed by atoms with Gasteiger partial charge in [-0.05, 0) is 43.5 Å². The summed E-state index contributed by atoms with van der Waals surface area (Å²) >= 11 is 12.6. The molecule has 0 unspecified atom stereocenters. The van der Waals surface area contributed by atoms with E-state index in [1.807, 2.05) is 13.8 Å². The van der Waals surface area contributed by atoms with Gasteiger partial charge in [-0.3, -0.25) is 13.9 Å². The second-order valence-electron chi connectivity index (χ2n) is 8.93. The number of anilines is 1. The van der Waals surface area contributed by atoms with E-state index in [2.05, 4.69) is 5.32 Å². The Morgan fingerprint density at radius 3 is 2.19 bits per heavy atom. The zero-order valence-corrected chi connectivity index (χ0v) is 23.1. The van der Waals surface area contributed by atoms with Gasteiger partial charge in [0.15, 0.2) is 0 Å². The average molecular weight is 561 g/mol. The predicted octanol–water partition coefficient (Wildman–Crippen LogP) is 4.87. The molecule has 0 bridgehead atoms. The van der Waals surface area contributed by atoms with Crippen LogP contribution < -0.4 is 9.62 Å². The fraction of sp³-hybridized carbons (Fsp3) is 0.440. The van der Waals surface area contributed by atoms with Gasteiger partial charge in [-0.1, -0.05) is 55.2 Å². The molecule has 1 atom stereocenters. The van der Waals surface area contributed by atoms with E-state index < -0.39 is 21.9 Å². The number of carbonyl (C=O) groups is 2. The Bertz CT molecular complexity index is 1160. The number of benzene rings is 2. The summed E-state index contributed by atoms with van der Waals surface area (Å²) in [6.45, 7) is 5.86. The van der Waals surface area contributed by atoms with Gasteiger partial charge in [-0.2, -0.15) is 0 Å². The second-order valence-corrected chi connectivity index (χ2v) is 11.6. The molecule has 1 N–H and O–H groups in total. The van der Waals surface area contributed by atoms with Gasteiger partial charge in [0.05, 0.1) is 11.9 Å². The second kappa shape index (κ2) is 13.3. The Morgan fingerprint density at radius 1 is 1.03 bits per heavy atom. The average Bonchev–Trinajstić information content (AvgIpc) is 2.79. The van der Waals surface area contributed by atoms with Gasteiger partial charge in [-0.15, -0.1) is 0 Å². The number of para-hydroxylation sites is 1. The van der Waals surface area contributed by atoms with E-state index in [0.29, 0.717) is 22.2 Å². The third kappa shape index (κ3) is 8.35. The minimum absolute atomic E-state index is 0.00326. The van der Waals surface area contributed by atoms with Crippen molar-refractivity contribution in [2.45, 2.75) is 46.2 Å². The van der Waals surface area contributed by atoms with Gasteiger partial charge in [0, 0.05) is 41.7 Å². The molecule has 0 spiro atoms. The highest BCUT2D eigenvalue weighted by atomic mass is 35.5. The number of amides is 2. The Hall–Kier alpha value is -2.36. The van der Waals surface area contributed by atoms with Crippen LogP contribution in [0.4, 0.5) is 10.1 Å². The molecule has 2 amide bonds. The van der Waals surface area contributed by atoms with Crippen molar-refractivity contribution in [3.63, 3.8) is 0 Å². The maximum atomic E-state index is 14.3. The summed E-state index contributed by atoms with van der Waals surface area (Å²) in [7, 11) is -3.79. The number of rotatable bonds is 12. The molecule has 0 radical (unpaired) electrons. The molecule has 0 saturated carbocycles. The monoisotopic (exact) mass is 559 g/mol. The molecule has 0 aliphatic heterocycles. The van der Waals surface area contributed by atoms with Crippen molar-refractivity contribution in [3.05, 3.63) is 63.9 Å². The van der Waals surface area contributed by atoms with E-state index in [0.717, 1.165) is 10.6 Å². The van der Waals surface area contributed by atoms with Crippen molar-refractivity contribution in [2.75, 3.05) is 23.7 Å². The lowest BCUT2D eigenvalue weighted by Gasteiger charge is -2.30. The van der Waals surface area contributed by atoms with E-state index in [9.17, 15) is 22.4 Å². The van der Waals surface area contributed by atoms with Gasteiger partial charge in [0.25, 0.3) is 0 Å². The zero-order valence-electron chi connectivity index (χ0n) is 20.8. The molecule has 7 nitrogen and oxygen atoms in total. The number of hydrogen-bond acceptors (Lipinski definition) is 4. The highest BCUT2D eigenvalue weighted by molar-refractivity contribution is 7.92. The smallest absolute Gasteiger partial charge is 0.242 e. The normalized spacial score (nSPS) is 12.3. The summed E-state index contributed by atoms with van der Waals surface area (Å²) in [5, 5.41) is 3.54. The third-order valence-corrected chi connectivity index (χ3v) is 7.40. The van der Waals surface area contributed by atoms with E-state index in [-0.39, 0.29) is 49.4 Å². The fourth-order valence-corrected chi connectivity index (χ4v) is 5.01. The van der Waals surface area contributed by atoms with Crippen molar-refractivity contribution in [3.8, 4) is 0 Å². The minimum atomic E-state index is -3.79. The molecule has 198 valence electrons. The number of sulfonamides is 1. The van der Waals surface area contributed by atoms with Gasteiger partial charge in [0.2, 0.25) is 21.8 Å². The number of hydrogen-bond donors (Lipinski definition) is 1. The van der Waals surface area contributed by atoms with Crippen molar-refractivity contribution in [2.24, 2.45) is 5.92 Å². The Balaban J connectivity index is 2.23. The molecule has 2 rings (SSSR count). The molecular weight excluding hydrogens is 528 g/mol. The molecule has 0 saturated heterocycles. The van der Waals surface area contributed by atoms with E-state index in [4.69, 9.17) is 23.2 Å². The summed E-state index contributed by atoms with van der Waals surface area (Å²) in [5.41, 5.74) is 0.412. The van der Waals surface area contributed by atoms with E-state index >= 15 is 0 Å². The molecule has 0 heterocycles. The lowest BCUT2D eigenvalue weighted by molar-refractivity contribution is -0.140. The van der Waals surface area contributed by atoms with Gasteiger partial charge >= 0.3 is 0 Å². The standard InChI is InChI=1S/C25H32Cl2FN3O4S/c1-17(2)15-29-25(33)18(3)30(16-19-20(26)9-7-10-21(19)27)24(32)13-8-14-31(36(4,34)35)23-12-6-5-11-22(23)28/h5-7,9-12,17-18H,8,13-16H2,1-4H3,(H,29,33)/t18-/m0/s1. The molecule has 2 aromatic rings. The van der Waals surface area contributed by atoms with Crippen LogP contribution in [0.2, 0.25) is 10.0 Å². The maximum absolute atomic E-state index is 14.3. The topological polar surface area (TPSA) is 86.8 Å². The van der Waals surface area contributed by atoms with Crippen LogP contribution in [-0.4, -0.2) is 50.5 Å². The molecule has 36 heavy (non-hydrogen) atoms.